The van der Waals surface area contributed by atoms with E-state index in [0.29, 0.717) is 41.3 Å². The molecule has 2 aliphatic heterocycles. The average Bonchev–Trinajstić information content (AvgIpc) is 3.34. The topological polar surface area (TPSA) is 71.0 Å². The Kier molecular flexibility index (Phi) is 5.28. The van der Waals surface area contributed by atoms with Crippen molar-refractivity contribution in [3.05, 3.63) is 33.8 Å². The Bertz CT molecular complexity index is 794. The van der Waals surface area contributed by atoms with Gasteiger partial charge in [0.2, 0.25) is 12.0 Å². The van der Waals surface area contributed by atoms with Gasteiger partial charge in [-0.3, -0.25) is 9.59 Å². The Morgan fingerprint density at radius 2 is 2.04 bits per heavy atom. The van der Waals surface area contributed by atoms with Gasteiger partial charge in [0.15, 0.2) is 0 Å². The number of hydrogen-bond acceptors (Lipinski definition) is 4. The van der Waals surface area contributed by atoms with Crippen molar-refractivity contribution in [1.29, 1.82) is 0 Å². The fraction of sp³-hybridized carbons (Fsp3) is 0.526. The SMILES string of the molecule is O=C(NC1CC1)[C@@H]1CCCN(C(=O)[C@@H]2CC(c3ccc(Cl)cc3Cl)=NO2)C1. The third-order valence-corrected chi connectivity index (χ3v) is 5.76. The Balaban J connectivity index is 1.36. The Hall–Kier alpha value is -1.79. The van der Waals surface area contributed by atoms with Crippen LogP contribution in [-0.2, 0) is 14.4 Å². The molecule has 2 heterocycles. The quantitative estimate of drug-likeness (QED) is 0.830. The summed E-state index contributed by atoms with van der Waals surface area (Å²) in [5.74, 6) is -0.203. The van der Waals surface area contributed by atoms with Crippen LogP contribution in [0, 0.1) is 5.92 Å². The lowest BCUT2D eigenvalue weighted by Gasteiger charge is -2.33. The van der Waals surface area contributed by atoms with Gasteiger partial charge < -0.3 is 15.1 Å². The van der Waals surface area contributed by atoms with Crippen LogP contribution in [0.2, 0.25) is 10.0 Å². The molecule has 8 heteroatoms. The number of carbonyl (C=O) groups excluding carboxylic acids is 2. The van der Waals surface area contributed by atoms with Crippen LogP contribution in [0.15, 0.2) is 23.4 Å². The molecule has 4 rings (SSSR count). The predicted molar refractivity (Wildman–Crippen MR) is 103 cm³/mol. The van der Waals surface area contributed by atoms with E-state index in [-0.39, 0.29) is 17.7 Å². The molecule has 1 aliphatic carbocycles. The van der Waals surface area contributed by atoms with Gasteiger partial charge in [0.05, 0.1) is 16.7 Å². The van der Waals surface area contributed by atoms with Crippen molar-refractivity contribution < 1.29 is 14.4 Å². The van der Waals surface area contributed by atoms with Gasteiger partial charge in [-0.25, -0.2) is 0 Å². The minimum atomic E-state index is -0.669. The Morgan fingerprint density at radius 1 is 1.22 bits per heavy atom. The number of benzene rings is 1. The molecule has 2 fully saturated rings. The number of piperidine rings is 1. The van der Waals surface area contributed by atoms with Gasteiger partial charge in [-0.1, -0.05) is 34.4 Å². The molecule has 1 N–H and O–H groups in total. The number of nitrogens with one attached hydrogen (secondary N) is 1. The zero-order valence-corrected chi connectivity index (χ0v) is 16.3. The molecule has 1 aromatic rings. The molecular weight excluding hydrogens is 389 g/mol. The summed E-state index contributed by atoms with van der Waals surface area (Å²) >= 11 is 12.2. The summed E-state index contributed by atoms with van der Waals surface area (Å²) in [4.78, 5) is 32.3. The van der Waals surface area contributed by atoms with E-state index in [1.165, 1.54) is 0 Å². The van der Waals surface area contributed by atoms with Crippen molar-refractivity contribution in [3.8, 4) is 0 Å². The van der Waals surface area contributed by atoms with Crippen molar-refractivity contribution in [2.24, 2.45) is 11.1 Å². The lowest BCUT2D eigenvalue weighted by atomic mass is 9.96. The molecule has 0 radical (unpaired) electrons. The Morgan fingerprint density at radius 3 is 2.78 bits per heavy atom. The molecule has 2 amide bonds. The first kappa shape index (κ1) is 18.6. The molecule has 0 aromatic heterocycles. The summed E-state index contributed by atoms with van der Waals surface area (Å²) in [7, 11) is 0. The second kappa shape index (κ2) is 7.68. The summed E-state index contributed by atoms with van der Waals surface area (Å²) in [5, 5.41) is 8.11. The van der Waals surface area contributed by atoms with Crippen molar-refractivity contribution in [1.82, 2.24) is 10.2 Å². The minimum Gasteiger partial charge on any atom is -0.382 e. The first-order valence-corrected chi connectivity index (χ1v) is 10.0. The summed E-state index contributed by atoms with van der Waals surface area (Å²) in [6.07, 6.45) is 3.44. The van der Waals surface area contributed by atoms with Crippen LogP contribution in [0.3, 0.4) is 0 Å². The van der Waals surface area contributed by atoms with Gasteiger partial charge in [0.1, 0.15) is 0 Å². The number of likely N-dealkylation sites (tertiary alicyclic amines) is 1. The molecule has 3 aliphatic rings. The predicted octanol–water partition coefficient (Wildman–Crippen LogP) is 3.00. The van der Waals surface area contributed by atoms with E-state index in [2.05, 4.69) is 10.5 Å². The van der Waals surface area contributed by atoms with Gasteiger partial charge in [-0.2, -0.15) is 0 Å². The number of rotatable bonds is 4. The molecule has 0 spiro atoms. The van der Waals surface area contributed by atoms with Crippen molar-refractivity contribution in [2.75, 3.05) is 13.1 Å². The van der Waals surface area contributed by atoms with E-state index in [4.69, 9.17) is 28.0 Å². The van der Waals surface area contributed by atoms with Crippen LogP contribution in [0.5, 0.6) is 0 Å². The molecule has 27 heavy (non-hydrogen) atoms. The molecule has 144 valence electrons. The van der Waals surface area contributed by atoms with Gasteiger partial charge in [-0.15, -0.1) is 0 Å². The Labute approximate surface area is 167 Å². The molecular formula is C19H21Cl2N3O3. The molecule has 0 bridgehead atoms. The van der Waals surface area contributed by atoms with E-state index in [1.54, 1.807) is 23.1 Å². The molecule has 6 nitrogen and oxygen atoms in total. The van der Waals surface area contributed by atoms with Crippen LogP contribution < -0.4 is 5.32 Å². The van der Waals surface area contributed by atoms with E-state index in [0.717, 1.165) is 31.2 Å². The van der Waals surface area contributed by atoms with E-state index in [1.807, 2.05) is 0 Å². The van der Waals surface area contributed by atoms with Gasteiger partial charge in [0, 0.05) is 36.1 Å². The first-order valence-electron chi connectivity index (χ1n) is 9.28. The maximum Gasteiger partial charge on any atom is 0.266 e. The van der Waals surface area contributed by atoms with Crippen molar-refractivity contribution in [3.63, 3.8) is 0 Å². The van der Waals surface area contributed by atoms with E-state index in [9.17, 15) is 9.59 Å². The summed E-state index contributed by atoms with van der Waals surface area (Å²) in [5.41, 5.74) is 1.35. The molecule has 1 saturated carbocycles. The van der Waals surface area contributed by atoms with Gasteiger partial charge in [-0.05, 0) is 37.8 Å². The number of oxime groups is 1. The first-order chi connectivity index (χ1) is 13.0. The van der Waals surface area contributed by atoms with Gasteiger partial charge >= 0.3 is 0 Å². The number of nitrogens with zero attached hydrogens (tertiary/aromatic N) is 2. The zero-order valence-electron chi connectivity index (χ0n) is 14.8. The fourth-order valence-electron chi connectivity index (χ4n) is 3.53. The van der Waals surface area contributed by atoms with Crippen LogP contribution in [0.25, 0.3) is 0 Å². The lowest BCUT2D eigenvalue weighted by Crippen LogP contribution is -2.48. The highest BCUT2D eigenvalue weighted by molar-refractivity contribution is 6.37. The lowest BCUT2D eigenvalue weighted by molar-refractivity contribution is -0.145. The second-order valence-electron chi connectivity index (χ2n) is 7.37. The number of carbonyl (C=O) groups is 2. The maximum atomic E-state index is 12.9. The number of halogens is 2. The normalized spacial score (nSPS) is 25.0. The molecule has 1 aromatic carbocycles. The summed E-state index contributed by atoms with van der Waals surface area (Å²) in [6, 6.07) is 5.48. The van der Waals surface area contributed by atoms with Crippen LogP contribution in [-0.4, -0.2) is 47.7 Å². The van der Waals surface area contributed by atoms with Crippen molar-refractivity contribution in [2.45, 2.75) is 44.2 Å². The third-order valence-electron chi connectivity index (χ3n) is 5.21. The fourth-order valence-corrected chi connectivity index (χ4v) is 4.05. The molecule has 0 unspecified atom stereocenters. The smallest absolute Gasteiger partial charge is 0.266 e. The summed E-state index contributed by atoms with van der Waals surface area (Å²) in [6.45, 7) is 1.08. The van der Waals surface area contributed by atoms with Gasteiger partial charge in [0.25, 0.3) is 5.91 Å². The zero-order chi connectivity index (χ0) is 19.0. The molecule has 1 saturated heterocycles. The van der Waals surface area contributed by atoms with E-state index >= 15 is 0 Å². The highest BCUT2D eigenvalue weighted by atomic mass is 35.5. The largest absolute Gasteiger partial charge is 0.382 e. The standard InChI is InChI=1S/C19H21Cl2N3O3/c20-12-3-6-14(15(21)8-12)16-9-17(27-23-16)19(26)24-7-1-2-11(10-24)18(25)22-13-4-5-13/h3,6,8,11,13,17H,1-2,4-5,7,9-10H2,(H,22,25)/t11-,17+/m1/s1. The molecule has 2 atom stereocenters. The minimum absolute atomic E-state index is 0.0622. The number of hydrogen-bond donors (Lipinski definition) is 1. The third kappa shape index (κ3) is 4.22. The highest BCUT2D eigenvalue weighted by Crippen LogP contribution is 2.28. The summed E-state index contributed by atoms with van der Waals surface area (Å²) < 4.78 is 0. The number of amides is 2. The maximum absolute atomic E-state index is 12.9. The van der Waals surface area contributed by atoms with Crippen LogP contribution in [0.1, 0.15) is 37.7 Å². The van der Waals surface area contributed by atoms with Crippen LogP contribution >= 0.6 is 23.2 Å². The van der Waals surface area contributed by atoms with E-state index < -0.39 is 6.10 Å². The second-order valence-corrected chi connectivity index (χ2v) is 8.21. The van der Waals surface area contributed by atoms with Crippen molar-refractivity contribution >= 4 is 40.7 Å². The monoisotopic (exact) mass is 409 g/mol. The average molecular weight is 410 g/mol. The van der Waals surface area contributed by atoms with Crippen LogP contribution in [0.4, 0.5) is 0 Å². The highest BCUT2D eigenvalue weighted by Gasteiger charge is 2.37.